The van der Waals surface area contributed by atoms with Crippen molar-refractivity contribution in [1.29, 1.82) is 0 Å². The van der Waals surface area contributed by atoms with Crippen molar-refractivity contribution >= 4 is 33.4 Å². The van der Waals surface area contributed by atoms with Crippen LogP contribution in [0.4, 0.5) is 29.3 Å². The minimum atomic E-state index is -4.71. The number of nitrogens with zero attached hydrogens (tertiary/aromatic N) is 1. The Kier molecular flexibility index (Phi) is 5.99. The predicted octanol–water partition coefficient (Wildman–Crippen LogP) is 2.58. The molecule has 1 aliphatic heterocycles. The number of halogens is 3. The van der Waals surface area contributed by atoms with Crippen LogP contribution in [-0.2, 0) is 25.7 Å². The Balaban J connectivity index is 1.69. The van der Waals surface area contributed by atoms with Crippen LogP contribution in [0.1, 0.15) is 5.56 Å². The van der Waals surface area contributed by atoms with Gasteiger partial charge in [-0.1, -0.05) is 18.2 Å². The lowest BCUT2D eigenvalue weighted by Crippen LogP contribution is -2.33. The molecule has 2 aromatic carbocycles. The highest BCUT2D eigenvalue weighted by molar-refractivity contribution is 7.89. The van der Waals surface area contributed by atoms with E-state index in [-0.39, 0.29) is 18.8 Å². The Hall–Kier alpha value is -3.12. The Morgan fingerprint density at radius 3 is 2.53 bits per heavy atom. The molecule has 0 radical (unpaired) electrons. The molecule has 0 unspecified atom stereocenters. The quantitative estimate of drug-likeness (QED) is 0.714. The molecule has 12 heteroatoms. The average Bonchev–Trinajstić information content (AvgIpc) is 3.12. The lowest BCUT2D eigenvalue weighted by atomic mass is 10.2. The summed E-state index contributed by atoms with van der Waals surface area (Å²) in [6.45, 7) is -0.247. The molecule has 0 spiro atoms. The van der Waals surface area contributed by atoms with Crippen LogP contribution >= 0.6 is 0 Å². The number of carbonyl (C=O) groups is 2. The maximum atomic E-state index is 12.8. The fourth-order valence-corrected chi connectivity index (χ4v) is 3.73. The van der Waals surface area contributed by atoms with E-state index >= 15 is 0 Å². The summed E-state index contributed by atoms with van der Waals surface area (Å²) >= 11 is 0. The summed E-state index contributed by atoms with van der Waals surface area (Å²) in [5, 5.41) is 2.47. The highest BCUT2D eigenvalue weighted by Gasteiger charge is 2.32. The molecular formula is C18H16F3N3O5S. The maximum Gasteiger partial charge on any atom is 0.416 e. The topological polar surface area (TPSA) is 105 Å². The number of carbonyl (C=O) groups excluding carboxylic acids is 2. The summed E-state index contributed by atoms with van der Waals surface area (Å²) in [7, 11) is -4.36. The molecule has 30 heavy (non-hydrogen) atoms. The molecule has 0 saturated carbocycles. The van der Waals surface area contributed by atoms with Crippen molar-refractivity contribution in [3.63, 3.8) is 0 Å². The first kappa shape index (κ1) is 21.6. The molecule has 0 aliphatic carbocycles. The van der Waals surface area contributed by atoms with Gasteiger partial charge in [-0.25, -0.2) is 17.9 Å². The number of sulfonamides is 1. The maximum absolute atomic E-state index is 12.8. The normalized spacial score (nSPS) is 14.5. The van der Waals surface area contributed by atoms with E-state index in [0.29, 0.717) is 11.8 Å². The summed E-state index contributed by atoms with van der Waals surface area (Å²) in [4.78, 5) is 24.6. The van der Waals surface area contributed by atoms with Crippen LogP contribution in [0.5, 0.6) is 0 Å². The number of hydrogen-bond acceptors (Lipinski definition) is 5. The van der Waals surface area contributed by atoms with E-state index in [2.05, 4.69) is 5.32 Å². The number of amides is 2. The van der Waals surface area contributed by atoms with Crippen molar-refractivity contribution in [2.24, 2.45) is 0 Å². The smallest absolute Gasteiger partial charge is 0.416 e. The molecule has 0 atom stereocenters. The molecular weight excluding hydrogens is 427 g/mol. The summed E-state index contributed by atoms with van der Waals surface area (Å²) in [5.41, 5.74) is -0.505. The van der Waals surface area contributed by atoms with Crippen LogP contribution < -0.4 is 14.9 Å². The molecule has 1 fully saturated rings. The van der Waals surface area contributed by atoms with E-state index < -0.39 is 45.2 Å². The zero-order chi connectivity index (χ0) is 21.9. The molecule has 0 bridgehead atoms. The van der Waals surface area contributed by atoms with Crippen molar-refractivity contribution < 1.29 is 35.9 Å². The molecule has 1 aliphatic rings. The summed E-state index contributed by atoms with van der Waals surface area (Å²) < 4.78 is 69.7. The second kappa shape index (κ2) is 8.32. The molecule has 1 heterocycles. The van der Waals surface area contributed by atoms with Crippen molar-refractivity contribution in [1.82, 2.24) is 4.72 Å². The fraction of sp³-hybridized carbons (Fsp3) is 0.222. The molecule has 160 valence electrons. The van der Waals surface area contributed by atoms with Gasteiger partial charge in [-0.05, 0) is 30.3 Å². The molecule has 2 aromatic rings. The number of nitrogens with one attached hydrogen (secondary N) is 2. The molecule has 2 N–H and O–H groups in total. The monoisotopic (exact) mass is 443 g/mol. The summed E-state index contributed by atoms with van der Waals surface area (Å²) in [6, 6.07) is 9.52. The van der Waals surface area contributed by atoms with Gasteiger partial charge >= 0.3 is 12.3 Å². The number of ether oxygens (including phenoxy) is 1. The standard InChI is InChI=1S/C18H16F3N3O5S/c19-18(20,21)12-4-3-5-13(10-12)30(27,28)22-11-16(25)23-14-6-1-2-7-15(14)24-8-9-29-17(24)26/h1-7,10,22H,8-9,11H2,(H,23,25). The van der Waals surface area contributed by atoms with Crippen molar-refractivity contribution in [2.75, 3.05) is 29.9 Å². The van der Waals surface area contributed by atoms with Crippen LogP contribution in [-0.4, -0.2) is 40.1 Å². The zero-order valence-electron chi connectivity index (χ0n) is 15.3. The third-order valence-electron chi connectivity index (χ3n) is 4.12. The lowest BCUT2D eigenvalue weighted by molar-refractivity contribution is -0.137. The van der Waals surface area contributed by atoms with Crippen molar-refractivity contribution in [3.8, 4) is 0 Å². The first-order valence-corrected chi connectivity index (χ1v) is 10.1. The number of alkyl halides is 3. The average molecular weight is 443 g/mol. The Bertz CT molecular complexity index is 1070. The first-order valence-electron chi connectivity index (χ1n) is 8.58. The Morgan fingerprint density at radius 2 is 1.87 bits per heavy atom. The van der Waals surface area contributed by atoms with Crippen molar-refractivity contribution in [3.05, 3.63) is 54.1 Å². The number of hydrogen-bond donors (Lipinski definition) is 2. The van der Waals surface area contributed by atoms with E-state index in [9.17, 15) is 31.2 Å². The van der Waals surface area contributed by atoms with Gasteiger partial charge in [-0.15, -0.1) is 0 Å². The van der Waals surface area contributed by atoms with E-state index in [1.165, 1.54) is 11.0 Å². The third-order valence-corrected chi connectivity index (χ3v) is 5.52. The highest BCUT2D eigenvalue weighted by atomic mass is 32.2. The number of anilines is 2. The number of benzene rings is 2. The molecule has 1 saturated heterocycles. The van der Waals surface area contributed by atoms with Crippen LogP contribution in [0.25, 0.3) is 0 Å². The van der Waals surface area contributed by atoms with E-state index in [1.807, 2.05) is 4.72 Å². The van der Waals surface area contributed by atoms with Crippen LogP contribution in [0, 0.1) is 0 Å². The molecule has 3 rings (SSSR count). The molecule has 2 amide bonds. The lowest BCUT2D eigenvalue weighted by Gasteiger charge is -2.17. The predicted molar refractivity (Wildman–Crippen MR) is 100 cm³/mol. The first-order chi connectivity index (χ1) is 14.1. The summed E-state index contributed by atoms with van der Waals surface area (Å²) in [6.07, 6.45) is -5.29. The van der Waals surface area contributed by atoms with Gasteiger partial charge in [0, 0.05) is 0 Å². The van der Waals surface area contributed by atoms with Gasteiger partial charge < -0.3 is 10.1 Å². The third kappa shape index (κ3) is 4.89. The second-order valence-electron chi connectivity index (χ2n) is 6.18. The SMILES string of the molecule is O=C(CNS(=O)(=O)c1cccc(C(F)(F)F)c1)Nc1ccccc1N1CCOC1=O. The van der Waals surface area contributed by atoms with Gasteiger partial charge in [0.25, 0.3) is 0 Å². The van der Waals surface area contributed by atoms with Gasteiger partial charge in [-0.3, -0.25) is 9.69 Å². The largest absolute Gasteiger partial charge is 0.447 e. The number of rotatable bonds is 6. The minimum absolute atomic E-state index is 0.192. The van der Waals surface area contributed by atoms with Gasteiger partial charge in [0.1, 0.15) is 6.61 Å². The van der Waals surface area contributed by atoms with E-state index in [0.717, 1.165) is 18.2 Å². The van der Waals surface area contributed by atoms with Gasteiger partial charge in [0.2, 0.25) is 15.9 Å². The highest BCUT2D eigenvalue weighted by Crippen LogP contribution is 2.30. The minimum Gasteiger partial charge on any atom is -0.447 e. The number of para-hydroxylation sites is 2. The van der Waals surface area contributed by atoms with Gasteiger partial charge in [0.05, 0.1) is 34.9 Å². The Labute approximate surface area is 169 Å². The molecule has 8 nitrogen and oxygen atoms in total. The second-order valence-corrected chi connectivity index (χ2v) is 7.95. The van der Waals surface area contributed by atoms with Crippen LogP contribution in [0.2, 0.25) is 0 Å². The molecule has 0 aromatic heterocycles. The number of cyclic esters (lactones) is 1. The van der Waals surface area contributed by atoms with E-state index in [4.69, 9.17) is 4.74 Å². The van der Waals surface area contributed by atoms with Crippen LogP contribution in [0.3, 0.4) is 0 Å². The van der Waals surface area contributed by atoms with Gasteiger partial charge in [-0.2, -0.15) is 13.2 Å². The fourth-order valence-electron chi connectivity index (χ4n) is 2.70. The van der Waals surface area contributed by atoms with Crippen LogP contribution in [0.15, 0.2) is 53.4 Å². The zero-order valence-corrected chi connectivity index (χ0v) is 16.1. The van der Waals surface area contributed by atoms with Crippen molar-refractivity contribution in [2.45, 2.75) is 11.1 Å². The summed E-state index contributed by atoms with van der Waals surface area (Å²) in [5.74, 6) is -0.773. The Morgan fingerprint density at radius 1 is 1.13 bits per heavy atom. The van der Waals surface area contributed by atoms with Gasteiger partial charge in [0.15, 0.2) is 0 Å². The van der Waals surface area contributed by atoms with E-state index in [1.54, 1.807) is 18.2 Å².